The summed E-state index contributed by atoms with van der Waals surface area (Å²) in [6.07, 6.45) is 0. The largest absolute Gasteiger partial charge is 0.296 e. The van der Waals surface area contributed by atoms with E-state index >= 15 is 0 Å². The second kappa shape index (κ2) is 6.44. The highest BCUT2D eigenvalue weighted by atomic mass is 32.1. The first-order valence-corrected chi connectivity index (χ1v) is 7.00. The second-order valence-electron chi connectivity index (χ2n) is 4.81. The summed E-state index contributed by atoms with van der Waals surface area (Å²) in [5.74, 6) is -0.0607. The van der Waals surface area contributed by atoms with E-state index in [4.69, 9.17) is 12.2 Å². The van der Waals surface area contributed by atoms with Gasteiger partial charge in [-0.1, -0.05) is 60.7 Å². The van der Waals surface area contributed by atoms with E-state index in [-0.39, 0.29) is 11.9 Å². The van der Waals surface area contributed by atoms with Crippen molar-refractivity contribution in [2.45, 2.75) is 19.9 Å². The summed E-state index contributed by atoms with van der Waals surface area (Å²) < 4.78 is 0. The molecule has 0 aliphatic rings. The Hall–Kier alpha value is -2.00. The van der Waals surface area contributed by atoms with Crippen molar-refractivity contribution in [3.05, 3.63) is 71.8 Å². The van der Waals surface area contributed by atoms with Gasteiger partial charge in [0.05, 0.1) is 0 Å². The summed E-state index contributed by atoms with van der Waals surface area (Å²) in [5.41, 5.74) is 1.54. The zero-order valence-corrected chi connectivity index (χ0v) is 12.4. The van der Waals surface area contributed by atoms with Gasteiger partial charge >= 0.3 is 0 Å². The number of hydrogen-bond donors (Lipinski definition) is 0. The molecule has 0 heterocycles. The van der Waals surface area contributed by atoms with Gasteiger partial charge in [0.15, 0.2) is 0 Å². The zero-order valence-electron chi connectivity index (χ0n) is 11.6. The lowest BCUT2D eigenvalue weighted by Gasteiger charge is -2.27. The third-order valence-corrected chi connectivity index (χ3v) is 3.43. The van der Waals surface area contributed by atoms with Crippen LogP contribution in [0.4, 0.5) is 0 Å². The average molecular weight is 283 g/mol. The first-order valence-electron chi connectivity index (χ1n) is 6.59. The fourth-order valence-electron chi connectivity index (χ4n) is 2.00. The third kappa shape index (κ3) is 3.11. The van der Waals surface area contributed by atoms with Gasteiger partial charge in [0.1, 0.15) is 4.99 Å². The van der Waals surface area contributed by atoms with E-state index in [1.54, 1.807) is 4.90 Å². The van der Waals surface area contributed by atoms with Crippen LogP contribution < -0.4 is 0 Å². The molecule has 0 bridgehead atoms. The molecular formula is C17H17NOS. The number of thiocarbonyl (C=S) groups is 1. The van der Waals surface area contributed by atoms with E-state index in [1.807, 2.05) is 74.5 Å². The standard InChI is InChI=1S/C17H17NOS/c1-13(2)18(16(19)14-9-5-3-6-10-14)17(20)15-11-7-4-8-12-15/h3-13H,1-2H3. The summed E-state index contributed by atoms with van der Waals surface area (Å²) >= 11 is 5.50. The van der Waals surface area contributed by atoms with Crippen molar-refractivity contribution in [2.24, 2.45) is 0 Å². The molecule has 1 amide bonds. The minimum absolute atomic E-state index is 0.00964. The fraction of sp³-hybridized carbons (Fsp3) is 0.176. The maximum Gasteiger partial charge on any atom is 0.259 e. The second-order valence-corrected chi connectivity index (χ2v) is 5.19. The van der Waals surface area contributed by atoms with Crippen molar-refractivity contribution >= 4 is 23.1 Å². The molecule has 0 aliphatic heterocycles. The van der Waals surface area contributed by atoms with Gasteiger partial charge in [-0.15, -0.1) is 0 Å². The summed E-state index contributed by atoms with van der Waals surface area (Å²) in [6.45, 7) is 3.94. The number of hydrogen-bond acceptors (Lipinski definition) is 2. The monoisotopic (exact) mass is 283 g/mol. The lowest BCUT2D eigenvalue weighted by molar-refractivity contribution is 0.0822. The Labute approximate surface area is 125 Å². The molecule has 2 aromatic rings. The normalized spacial score (nSPS) is 10.3. The summed E-state index contributed by atoms with van der Waals surface area (Å²) in [5, 5.41) is 0. The van der Waals surface area contributed by atoms with Crippen molar-refractivity contribution in [3.63, 3.8) is 0 Å². The van der Waals surface area contributed by atoms with Gasteiger partial charge in [0.25, 0.3) is 5.91 Å². The molecule has 0 saturated carbocycles. The van der Waals surface area contributed by atoms with Crippen LogP contribution in [-0.4, -0.2) is 21.8 Å². The molecule has 0 N–H and O–H groups in total. The van der Waals surface area contributed by atoms with Crippen LogP contribution in [0.25, 0.3) is 0 Å². The molecular weight excluding hydrogens is 266 g/mol. The van der Waals surface area contributed by atoms with Gasteiger partial charge in [0.2, 0.25) is 0 Å². The molecule has 2 rings (SSSR count). The Balaban J connectivity index is 2.33. The van der Waals surface area contributed by atoms with Crippen molar-refractivity contribution < 1.29 is 4.79 Å². The Morgan fingerprint density at radius 3 is 1.80 bits per heavy atom. The molecule has 3 heteroatoms. The Bertz CT molecular complexity index is 541. The Kier molecular flexibility index (Phi) is 4.64. The molecule has 2 nitrogen and oxygen atoms in total. The van der Waals surface area contributed by atoms with Crippen molar-refractivity contribution in [2.75, 3.05) is 0 Å². The number of nitrogens with zero attached hydrogens (tertiary/aromatic N) is 1. The zero-order chi connectivity index (χ0) is 14.5. The Morgan fingerprint density at radius 1 is 0.900 bits per heavy atom. The van der Waals surface area contributed by atoms with Crippen LogP contribution in [0, 0.1) is 0 Å². The van der Waals surface area contributed by atoms with Gasteiger partial charge in [-0.25, -0.2) is 0 Å². The van der Waals surface area contributed by atoms with Gasteiger partial charge in [-0.05, 0) is 26.0 Å². The lowest BCUT2D eigenvalue weighted by Crippen LogP contribution is -2.41. The van der Waals surface area contributed by atoms with Crippen molar-refractivity contribution in [3.8, 4) is 0 Å². The van der Waals surface area contributed by atoms with Gasteiger partial charge < -0.3 is 0 Å². The van der Waals surface area contributed by atoms with Crippen LogP contribution in [0.1, 0.15) is 29.8 Å². The number of carbonyl (C=O) groups is 1. The molecule has 102 valence electrons. The summed E-state index contributed by atoms with van der Waals surface area (Å²) in [6, 6.07) is 18.9. The molecule has 0 unspecified atom stereocenters. The molecule has 0 spiro atoms. The van der Waals surface area contributed by atoms with E-state index in [1.165, 1.54) is 0 Å². The van der Waals surface area contributed by atoms with E-state index < -0.39 is 0 Å². The molecule has 0 fully saturated rings. The highest BCUT2D eigenvalue weighted by Crippen LogP contribution is 2.14. The number of amides is 1. The maximum absolute atomic E-state index is 12.6. The first kappa shape index (κ1) is 14.4. The highest BCUT2D eigenvalue weighted by Gasteiger charge is 2.23. The molecule has 0 atom stereocenters. The van der Waals surface area contributed by atoms with Crippen LogP contribution >= 0.6 is 12.2 Å². The molecule has 0 radical (unpaired) electrons. The predicted octanol–water partition coefficient (Wildman–Crippen LogP) is 3.91. The topological polar surface area (TPSA) is 20.3 Å². The SMILES string of the molecule is CC(C)N(C(=O)c1ccccc1)C(=S)c1ccccc1. The predicted molar refractivity (Wildman–Crippen MR) is 85.9 cm³/mol. The third-order valence-electron chi connectivity index (χ3n) is 3.00. The number of carbonyl (C=O) groups excluding carboxylic acids is 1. The van der Waals surface area contributed by atoms with Gasteiger partial charge in [-0.2, -0.15) is 0 Å². The van der Waals surface area contributed by atoms with E-state index in [0.717, 1.165) is 5.56 Å². The van der Waals surface area contributed by atoms with E-state index in [9.17, 15) is 4.79 Å². The molecule has 2 aromatic carbocycles. The minimum atomic E-state index is -0.0607. The number of rotatable bonds is 3. The van der Waals surface area contributed by atoms with E-state index in [0.29, 0.717) is 10.6 Å². The first-order chi connectivity index (χ1) is 9.61. The average Bonchev–Trinajstić information content (AvgIpc) is 2.48. The summed E-state index contributed by atoms with van der Waals surface area (Å²) in [4.78, 5) is 14.9. The molecule has 0 aliphatic carbocycles. The van der Waals surface area contributed by atoms with Crippen LogP contribution in [-0.2, 0) is 0 Å². The van der Waals surface area contributed by atoms with Crippen LogP contribution in [0.3, 0.4) is 0 Å². The highest BCUT2D eigenvalue weighted by molar-refractivity contribution is 7.80. The lowest BCUT2D eigenvalue weighted by atomic mass is 10.1. The maximum atomic E-state index is 12.6. The van der Waals surface area contributed by atoms with Crippen molar-refractivity contribution in [1.82, 2.24) is 4.90 Å². The molecule has 0 saturated heterocycles. The molecule has 0 aromatic heterocycles. The Morgan fingerprint density at radius 2 is 1.35 bits per heavy atom. The molecule has 20 heavy (non-hydrogen) atoms. The fourth-order valence-corrected chi connectivity index (χ4v) is 2.43. The quantitative estimate of drug-likeness (QED) is 0.796. The summed E-state index contributed by atoms with van der Waals surface area (Å²) in [7, 11) is 0. The van der Waals surface area contributed by atoms with Crippen molar-refractivity contribution in [1.29, 1.82) is 0 Å². The smallest absolute Gasteiger partial charge is 0.259 e. The van der Waals surface area contributed by atoms with Crippen LogP contribution in [0.2, 0.25) is 0 Å². The van der Waals surface area contributed by atoms with Gasteiger partial charge in [0, 0.05) is 17.2 Å². The van der Waals surface area contributed by atoms with E-state index in [2.05, 4.69) is 0 Å². The minimum Gasteiger partial charge on any atom is -0.296 e. The van der Waals surface area contributed by atoms with Crippen LogP contribution in [0.5, 0.6) is 0 Å². The van der Waals surface area contributed by atoms with Crippen LogP contribution in [0.15, 0.2) is 60.7 Å². The van der Waals surface area contributed by atoms with Gasteiger partial charge in [-0.3, -0.25) is 9.69 Å². The number of benzene rings is 2.